The van der Waals surface area contributed by atoms with Crippen LogP contribution in [0, 0.1) is 0 Å². The molecule has 1 N–H and O–H groups in total. The first-order valence-corrected chi connectivity index (χ1v) is 13.6. The number of benzene rings is 3. The van der Waals surface area contributed by atoms with Crippen LogP contribution < -0.4 is 24.3 Å². The fourth-order valence-corrected chi connectivity index (χ4v) is 5.84. The molecule has 0 aromatic heterocycles. The van der Waals surface area contributed by atoms with E-state index in [9.17, 15) is 9.59 Å². The molecule has 3 heterocycles. The van der Waals surface area contributed by atoms with E-state index in [2.05, 4.69) is 5.32 Å². The molecule has 0 aliphatic carbocycles. The Morgan fingerprint density at radius 3 is 2.49 bits per heavy atom. The Morgan fingerprint density at radius 1 is 0.974 bits per heavy atom. The van der Waals surface area contributed by atoms with E-state index in [4.69, 9.17) is 18.9 Å². The van der Waals surface area contributed by atoms with Crippen molar-refractivity contribution in [2.75, 3.05) is 32.9 Å². The van der Waals surface area contributed by atoms with Crippen LogP contribution in [0.3, 0.4) is 0 Å². The van der Waals surface area contributed by atoms with Gasteiger partial charge in [-0.25, -0.2) is 0 Å². The SMILES string of the molecule is CCOc1cc2c(cc1OCC)[C@@H]1[C@H](C(=O)NC[C@@H]3COc4ccccc4O3)c3ccccc3C(=O)N1CC2. The molecule has 8 heteroatoms. The molecule has 3 aliphatic heterocycles. The van der Waals surface area contributed by atoms with E-state index in [1.807, 2.05) is 79.4 Å². The third kappa shape index (κ3) is 4.54. The molecule has 0 bridgehead atoms. The van der Waals surface area contributed by atoms with E-state index in [-0.39, 0.29) is 24.5 Å². The van der Waals surface area contributed by atoms with Crippen molar-refractivity contribution in [3.63, 3.8) is 0 Å². The highest BCUT2D eigenvalue weighted by Gasteiger charge is 2.46. The average Bonchev–Trinajstić information content (AvgIpc) is 2.96. The average molecular weight is 529 g/mol. The molecule has 39 heavy (non-hydrogen) atoms. The van der Waals surface area contributed by atoms with Gasteiger partial charge in [0.1, 0.15) is 12.7 Å². The Balaban J connectivity index is 1.34. The van der Waals surface area contributed by atoms with Gasteiger partial charge in [-0.3, -0.25) is 9.59 Å². The maximum atomic E-state index is 14.0. The summed E-state index contributed by atoms with van der Waals surface area (Å²) in [7, 11) is 0. The lowest BCUT2D eigenvalue weighted by Crippen LogP contribution is -2.51. The Kier molecular flexibility index (Phi) is 6.77. The largest absolute Gasteiger partial charge is 0.490 e. The number of rotatable bonds is 7. The molecule has 2 amide bonds. The zero-order valence-electron chi connectivity index (χ0n) is 22.1. The van der Waals surface area contributed by atoms with Gasteiger partial charge in [0.05, 0.1) is 31.7 Å². The Hall–Kier alpha value is -4.20. The van der Waals surface area contributed by atoms with Crippen LogP contribution in [0.25, 0.3) is 0 Å². The Labute approximate surface area is 227 Å². The molecule has 3 aromatic carbocycles. The number of nitrogens with one attached hydrogen (secondary N) is 1. The summed E-state index contributed by atoms with van der Waals surface area (Å²) in [5, 5.41) is 3.11. The molecular formula is C31H32N2O6. The molecule has 0 saturated heterocycles. The monoisotopic (exact) mass is 528 g/mol. The summed E-state index contributed by atoms with van der Waals surface area (Å²) in [6.07, 6.45) is 0.352. The number of amides is 2. The second-order valence-corrected chi connectivity index (χ2v) is 9.86. The van der Waals surface area contributed by atoms with Gasteiger partial charge in [-0.2, -0.15) is 0 Å². The maximum absolute atomic E-state index is 14.0. The lowest BCUT2D eigenvalue weighted by Gasteiger charge is -2.45. The lowest BCUT2D eigenvalue weighted by molar-refractivity contribution is -0.124. The van der Waals surface area contributed by atoms with E-state index in [1.165, 1.54) is 0 Å². The highest BCUT2D eigenvalue weighted by Crippen LogP contribution is 2.48. The number of hydrogen-bond acceptors (Lipinski definition) is 6. The number of carbonyl (C=O) groups is 2. The molecule has 202 valence electrons. The molecule has 0 fully saturated rings. The molecule has 0 radical (unpaired) electrons. The van der Waals surface area contributed by atoms with Crippen LogP contribution in [0.4, 0.5) is 0 Å². The van der Waals surface area contributed by atoms with Gasteiger partial charge in [0, 0.05) is 12.1 Å². The number of carbonyl (C=O) groups excluding carboxylic acids is 2. The first-order valence-electron chi connectivity index (χ1n) is 13.6. The predicted molar refractivity (Wildman–Crippen MR) is 145 cm³/mol. The van der Waals surface area contributed by atoms with Gasteiger partial charge in [0.25, 0.3) is 5.91 Å². The van der Waals surface area contributed by atoms with E-state index in [0.717, 1.165) is 16.7 Å². The normalized spacial score (nSPS) is 20.8. The van der Waals surface area contributed by atoms with Gasteiger partial charge in [0.15, 0.2) is 23.0 Å². The zero-order valence-corrected chi connectivity index (χ0v) is 22.1. The van der Waals surface area contributed by atoms with Crippen molar-refractivity contribution in [3.8, 4) is 23.0 Å². The predicted octanol–water partition coefficient (Wildman–Crippen LogP) is 4.28. The molecule has 0 unspecified atom stereocenters. The number of fused-ring (bicyclic) bond motifs is 5. The molecule has 8 nitrogen and oxygen atoms in total. The fraction of sp³-hybridized carbons (Fsp3) is 0.355. The van der Waals surface area contributed by atoms with Crippen LogP contribution in [-0.2, 0) is 11.2 Å². The van der Waals surface area contributed by atoms with Crippen molar-refractivity contribution in [2.45, 2.75) is 38.3 Å². The number of ether oxygens (including phenoxy) is 4. The molecule has 3 aromatic rings. The summed E-state index contributed by atoms with van der Waals surface area (Å²) < 4.78 is 23.7. The molecule has 3 atom stereocenters. The minimum atomic E-state index is -0.595. The first kappa shape index (κ1) is 25.1. The Morgan fingerprint density at radius 2 is 1.69 bits per heavy atom. The molecule has 0 spiro atoms. The van der Waals surface area contributed by atoms with Crippen molar-refractivity contribution in [2.24, 2.45) is 0 Å². The van der Waals surface area contributed by atoms with E-state index < -0.39 is 12.0 Å². The molecular weight excluding hydrogens is 496 g/mol. The van der Waals surface area contributed by atoms with Gasteiger partial charge in [0.2, 0.25) is 5.91 Å². The van der Waals surface area contributed by atoms with Crippen LogP contribution in [0.1, 0.15) is 52.9 Å². The van der Waals surface area contributed by atoms with E-state index in [1.54, 1.807) is 0 Å². The number of para-hydroxylation sites is 2. The van der Waals surface area contributed by atoms with Crippen LogP contribution in [-0.4, -0.2) is 55.7 Å². The van der Waals surface area contributed by atoms with Crippen molar-refractivity contribution in [1.29, 1.82) is 0 Å². The third-order valence-corrected chi connectivity index (χ3v) is 7.54. The van der Waals surface area contributed by atoms with Gasteiger partial charge >= 0.3 is 0 Å². The highest BCUT2D eigenvalue weighted by molar-refractivity contribution is 6.01. The Bertz CT molecular complexity index is 1410. The minimum Gasteiger partial charge on any atom is -0.490 e. The number of nitrogens with zero attached hydrogens (tertiary/aromatic N) is 1. The van der Waals surface area contributed by atoms with Crippen LogP contribution in [0.15, 0.2) is 60.7 Å². The van der Waals surface area contributed by atoms with Gasteiger partial charge in [-0.1, -0.05) is 30.3 Å². The van der Waals surface area contributed by atoms with E-state index >= 15 is 0 Å². The van der Waals surface area contributed by atoms with E-state index in [0.29, 0.717) is 61.3 Å². The van der Waals surface area contributed by atoms with Crippen LogP contribution in [0.5, 0.6) is 23.0 Å². The van der Waals surface area contributed by atoms with Crippen molar-refractivity contribution < 1.29 is 28.5 Å². The van der Waals surface area contributed by atoms with Gasteiger partial charge in [-0.15, -0.1) is 0 Å². The second kappa shape index (κ2) is 10.5. The summed E-state index contributed by atoms with van der Waals surface area (Å²) in [6, 6.07) is 18.4. The summed E-state index contributed by atoms with van der Waals surface area (Å²) >= 11 is 0. The number of hydrogen-bond donors (Lipinski definition) is 1. The van der Waals surface area contributed by atoms with Gasteiger partial charge < -0.3 is 29.2 Å². The first-order chi connectivity index (χ1) is 19.1. The van der Waals surface area contributed by atoms with Gasteiger partial charge in [-0.05, 0) is 67.3 Å². The molecule has 6 rings (SSSR count). The second-order valence-electron chi connectivity index (χ2n) is 9.86. The minimum absolute atomic E-state index is 0.0576. The fourth-order valence-electron chi connectivity index (χ4n) is 5.84. The van der Waals surface area contributed by atoms with Crippen LogP contribution >= 0.6 is 0 Å². The summed E-state index contributed by atoms with van der Waals surface area (Å²) in [5.74, 6) is 1.86. The van der Waals surface area contributed by atoms with Crippen molar-refractivity contribution in [1.82, 2.24) is 10.2 Å². The topological polar surface area (TPSA) is 86.3 Å². The molecule has 0 saturated carbocycles. The van der Waals surface area contributed by atoms with Crippen molar-refractivity contribution in [3.05, 3.63) is 82.9 Å². The quantitative estimate of drug-likeness (QED) is 0.493. The smallest absolute Gasteiger partial charge is 0.254 e. The van der Waals surface area contributed by atoms with Crippen LogP contribution in [0.2, 0.25) is 0 Å². The standard InChI is InChI=1S/C31H32N2O6/c1-3-36-26-15-19-13-14-33-29(23(19)16-27(26)37-4-2)28(21-9-5-6-10-22(21)31(33)35)30(34)32-17-20-18-38-24-11-7-8-12-25(24)39-20/h5-12,15-16,20,28-29H,3-4,13-14,17-18H2,1-2H3,(H,32,34)/t20-,28-,29-/m1/s1. The lowest BCUT2D eigenvalue weighted by atomic mass is 9.75. The summed E-state index contributed by atoms with van der Waals surface area (Å²) in [4.78, 5) is 29.5. The summed E-state index contributed by atoms with van der Waals surface area (Å²) in [6.45, 7) is 6.00. The zero-order chi connectivity index (χ0) is 26.9. The third-order valence-electron chi connectivity index (χ3n) is 7.54. The summed E-state index contributed by atoms with van der Waals surface area (Å²) in [5.41, 5.74) is 3.28. The highest BCUT2D eigenvalue weighted by atomic mass is 16.6. The molecule has 3 aliphatic rings. The maximum Gasteiger partial charge on any atom is 0.254 e. The van der Waals surface area contributed by atoms with Crippen molar-refractivity contribution >= 4 is 11.8 Å².